The first-order valence-electron chi connectivity index (χ1n) is 6.59. The maximum Gasteiger partial charge on any atom is 0.331 e. The molecule has 21 heavy (non-hydrogen) atoms. The first-order valence-corrected chi connectivity index (χ1v) is 6.59. The fourth-order valence-electron chi connectivity index (χ4n) is 2.38. The molecule has 2 aromatic rings. The molecule has 1 aliphatic rings. The zero-order valence-corrected chi connectivity index (χ0v) is 11.4. The van der Waals surface area contributed by atoms with E-state index in [4.69, 9.17) is 9.15 Å². The van der Waals surface area contributed by atoms with Crippen LogP contribution in [0.15, 0.2) is 59.2 Å². The average molecular weight is 285 g/mol. The minimum Gasteiger partial charge on any atom is -0.506 e. The van der Waals surface area contributed by atoms with E-state index in [1.165, 1.54) is 6.08 Å². The number of hydrogen-bond acceptors (Lipinski definition) is 5. The number of nitrogens with one attached hydrogen (secondary N) is 1. The Morgan fingerprint density at radius 2 is 2.05 bits per heavy atom. The van der Waals surface area contributed by atoms with Gasteiger partial charge in [0.2, 0.25) is 0 Å². The number of carbonyl (C=O) groups is 1. The number of rotatable bonds is 4. The molecule has 1 aliphatic heterocycles. The Bertz CT molecular complexity index is 677. The second-order valence-corrected chi connectivity index (χ2v) is 5.05. The molecule has 0 spiro atoms. The van der Waals surface area contributed by atoms with Gasteiger partial charge in [0.15, 0.2) is 5.60 Å². The molecule has 1 aromatic heterocycles. The van der Waals surface area contributed by atoms with E-state index in [2.05, 4.69) is 5.32 Å². The lowest BCUT2D eigenvalue weighted by atomic mass is 9.94. The average Bonchev–Trinajstić information content (AvgIpc) is 3.08. The number of para-hydroxylation sites is 2. The maximum atomic E-state index is 11.4. The van der Waals surface area contributed by atoms with E-state index < -0.39 is 17.6 Å². The maximum absolute atomic E-state index is 11.4. The summed E-state index contributed by atoms with van der Waals surface area (Å²) in [4.78, 5) is 11.4. The minimum absolute atomic E-state index is 0.117. The molecule has 0 saturated carbocycles. The van der Waals surface area contributed by atoms with Crippen LogP contribution in [0.25, 0.3) is 0 Å². The zero-order valence-electron chi connectivity index (χ0n) is 11.4. The molecule has 5 nitrogen and oxygen atoms in total. The normalized spacial score (nSPS) is 22.0. The lowest BCUT2D eigenvalue weighted by Crippen LogP contribution is -2.37. The van der Waals surface area contributed by atoms with Crippen LogP contribution in [-0.4, -0.2) is 16.7 Å². The first-order chi connectivity index (χ1) is 10.1. The number of aromatic hydroxyl groups is 1. The highest BCUT2D eigenvalue weighted by Gasteiger charge is 2.42. The number of ether oxygens (including phenoxy) is 1. The zero-order chi connectivity index (χ0) is 14.9. The Morgan fingerprint density at radius 3 is 2.67 bits per heavy atom. The predicted octanol–water partition coefficient (Wildman–Crippen LogP) is 3.01. The lowest BCUT2D eigenvalue weighted by Gasteiger charge is -2.31. The van der Waals surface area contributed by atoms with Crippen LogP contribution in [-0.2, 0) is 9.53 Å². The summed E-state index contributed by atoms with van der Waals surface area (Å²) in [6.45, 7) is 1.79. The van der Waals surface area contributed by atoms with Gasteiger partial charge in [0.25, 0.3) is 0 Å². The third-order valence-corrected chi connectivity index (χ3v) is 3.48. The Hall–Kier alpha value is -2.69. The van der Waals surface area contributed by atoms with Crippen LogP contribution < -0.4 is 5.32 Å². The molecule has 108 valence electrons. The fraction of sp³-hybridized carbons (Fsp3) is 0.188. The van der Waals surface area contributed by atoms with Crippen LogP contribution in [0.1, 0.15) is 18.7 Å². The smallest absolute Gasteiger partial charge is 0.331 e. The number of cyclic esters (lactones) is 1. The van der Waals surface area contributed by atoms with E-state index in [-0.39, 0.29) is 5.75 Å². The van der Waals surface area contributed by atoms with Crippen LogP contribution in [0.3, 0.4) is 0 Å². The summed E-state index contributed by atoms with van der Waals surface area (Å²) in [6, 6.07) is 9.97. The van der Waals surface area contributed by atoms with Gasteiger partial charge in [-0.15, -0.1) is 0 Å². The highest BCUT2D eigenvalue weighted by molar-refractivity contribution is 5.85. The summed E-state index contributed by atoms with van der Waals surface area (Å²) in [5.74, 6) is 0.333. The van der Waals surface area contributed by atoms with Gasteiger partial charge in [0.1, 0.15) is 17.6 Å². The van der Waals surface area contributed by atoms with Gasteiger partial charge in [-0.25, -0.2) is 4.79 Å². The van der Waals surface area contributed by atoms with Gasteiger partial charge in [-0.1, -0.05) is 12.1 Å². The summed E-state index contributed by atoms with van der Waals surface area (Å²) in [5.41, 5.74) is -0.353. The van der Waals surface area contributed by atoms with Crippen LogP contribution in [0.5, 0.6) is 5.75 Å². The molecule has 0 unspecified atom stereocenters. The Labute approximate surface area is 121 Å². The molecule has 0 amide bonds. The molecule has 5 heteroatoms. The quantitative estimate of drug-likeness (QED) is 0.667. The number of anilines is 1. The number of hydrogen-bond donors (Lipinski definition) is 2. The largest absolute Gasteiger partial charge is 0.506 e. The Morgan fingerprint density at radius 1 is 1.24 bits per heavy atom. The third-order valence-electron chi connectivity index (χ3n) is 3.48. The molecule has 2 N–H and O–H groups in total. The summed E-state index contributed by atoms with van der Waals surface area (Å²) < 4.78 is 10.8. The van der Waals surface area contributed by atoms with Crippen LogP contribution >= 0.6 is 0 Å². The number of benzene rings is 1. The van der Waals surface area contributed by atoms with Gasteiger partial charge in [-0.05, 0) is 37.3 Å². The number of carbonyl (C=O) groups excluding carboxylic acids is 1. The van der Waals surface area contributed by atoms with E-state index in [0.717, 1.165) is 0 Å². The summed E-state index contributed by atoms with van der Waals surface area (Å²) in [6.07, 6.45) is 4.64. The summed E-state index contributed by atoms with van der Waals surface area (Å²) in [7, 11) is 0. The molecule has 0 radical (unpaired) electrons. The van der Waals surface area contributed by atoms with Crippen molar-refractivity contribution < 1.29 is 19.1 Å². The van der Waals surface area contributed by atoms with Gasteiger partial charge >= 0.3 is 5.97 Å². The highest BCUT2D eigenvalue weighted by atomic mass is 16.6. The number of phenolic OH excluding ortho intramolecular Hbond substituents is 1. The van der Waals surface area contributed by atoms with Crippen LogP contribution in [0.2, 0.25) is 0 Å². The van der Waals surface area contributed by atoms with Gasteiger partial charge in [0, 0.05) is 6.08 Å². The standard InChI is InChI=1S/C16H15NO4/c1-16(9-8-14(19)21-16)15(13-7-4-10-20-13)17-11-5-2-3-6-12(11)18/h2-10,15,17-18H,1H3/t15-,16-/m1/s1. The number of furan rings is 1. The molecule has 3 rings (SSSR count). The first kappa shape index (κ1) is 13.3. The van der Waals surface area contributed by atoms with Crippen molar-refractivity contribution in [1.82, 2.24) is 0 Å². The Balaban J connectivity index is 1.96. The second kappa shape index (κ2) is 5.01. The Kier molecular flexibility index (Phi) is 3.17. The lowest BCUT2D eigenvalue weighted by molar-refractivity contribution is -0.145. The molecule has 2 atom stereocenters. The predicted molar refractivity (Wildman–Crippen MR) is 76.8 cm³/mol. The van der Waals surface area contributed by atoms with Crippen LogP contribution in [0, 0.1) is 0 Å². The number of esters is 1. The summed E-state index contributed by atoms with van der Waals surface area (Å²) in [5, 5.41) is 13.1. The topological polar surface area (TPSA) is 71.7 Å². The molecule has 0 fully saturated rings. The van der Waals surface area contributed by atoms with Crippen molar-refractivity contribution in [2.24, 2.45) is 0 Å². The van der Waals surface area contributed by atoms with Crippen molar-refractivity contribution in [3.8, 4) is 5.75 Å². The molecular weight excluding hydrogens is 270 g/mol. The molecular formula is C16H15NO4. The molecule has 1 aromatic carbocycles. The molecule has 0 bridgehead atoms. The van der Waals surface area contributed by atoms with Crippen molar-refractivity contribution in [2.75, 3.05) is 5.32 Å². The van der Waals surface area contributed by atoms with E-state index in [1.807, 2.05) is 0 Å². The van der Waals surface area contributed by atoms with E-state index in [0.29, 0.717) is 11.4 Å². The van der Waals surface area contributed by atoms with Gasteiger partial charge in [-0.2, -0.15) is 0 Å². The molecule has 0 saturated heterocycles. The van der Waals surface area contributed by atoms with E-state index in [1.54, 1.807) is 55.7 Å². The minimum atomic E-state index is -0.892. The molecule has 0 aliphatic carbocycles. The van der Waals surface area contributed by atoms with Crippen molar-refractivity contribution in [3.63, 3.8) is 0 Å². The van der Waals surface area contributed by atoms with Crippen molar-refractivity contribution in [1.29, 1.82) is 0 Å². The monoisotopic (exact) mass is 285 g/mol. The van der Waals surface area contributed by atoms with E-state index >= 15 is 0 Å². The van der Waals surface area contributed by atoms with Crippen molar-refractivity contribution >= 4 is 11.7 Å². The SMILES string of the molecule is C[C@]1([C@H](Nc2ccccc2O)c2ccco2)C=CC(=O)O1. The highest BCUT2D eigenvalue weighted by Crippen LogP contribution is 2.38. The third kappa shape index (κ3) is 2.50. The van der Waals surface area contributed by atoms with Gasteiger partial charge < -0.3 is 19.6 Å². The van der Waals surface area contributed by atoms with E-state index in [9.17, 15) is 9.90 Å². The van der Waals surface area contributed by atoms with Gasteiger partial charge in [-0.3, -0.25) is 0 Å². The van der Waals surface area contributed by atoms with Crippen LogP contribution in [0.4, 0.5) is 5.69 Å². The summed E-state index contributed by atoms with van der Waals surface area (Å²) >= 11 is 0. The molecule has 2 heterocycles. The number of phenols is 1. The van der Waals surface area contributed by atoms with Crippen molar-refractivity contribution in [2.45, 2.75) is 18.6 Å². The second-order valence-electron chi connectivity index (χ2n) is 5.05. The van der Waals surface area contributed by atoms with Crippen molar-refractivity contribution in [3.05, 3.63) is 60.6 Å². The fourth-order valence-corrected chi connectivity index (χ4v) is 2.38. The van der Waals surface area contributed by atoms with Gasteiger partial charge in [0.05, 0.1) is 12.0 Å².